The molecule has 110 valence electrons. The summed E-state index contributed by atoms with van der Waals surface area (Å²) in [5, 5.41) is 14.6. The van der Waals surface area contributed by atoms with Crippen LogP contribution in [0.3, 0.4) is 0 Å². The van der Waals surface area contributed by atoms with Crippen molar-refractivity contribution in [1.82, 2.24) is 5.32 Å². The normalized spacial score (nSPS) is 15.9. The van der Waals surface area contributed by atoms with E-state index in [0.717, 1.165) is 32.5 Å². The van der Waals surface area contributed by atoms with E-state index in [1.807, 2.05) is 11.9 Å². The Morgan fingerprint density at radius 2 is 2.15 bits per heavy atom. The quantitative estimate of drug-likeness (QED) is 0.660. The summed E-state index contributed by atoms with van der Waals surface area (Å²) in [5.74, 6) is 0.886. The lowest BCUT2D eigenvalue weighted by molar-refractivity contribution is -0.385. The van der Waals surface area contributed by atoms with Crippen LogP contribution in [-0.2, 0) is 0 Å². The monoisotopic (exact) mass is 279 g/mol. The first-order chi connectivity index (χ1) is 9.63. The highest BCUT2D eigenvalue weighted by molar-refractivity contribution is 5.69. The smallest absolute Gasteiger partial charge is 0.333 e. The second-order valence-corrected chi connectivity index (χ2v) is 5.16. The fraction of sp³-hybridized carbons (Fsp3) is 0.571. The zero-order chi connectivity index (χ0) is 14.5. The van der Waals surface area contributed by atoms with E-state index in [0.29, 0.717) is 17.4 Å². The minimum Gasteiger partial charge on any atom is -0.490 e. The van der Waals surface area contributed by atoms with Gasteiger partial charge < -0.3 is 15.0 Å². The molecular formula is C14H21N3O3. The first-order valence-electron chi connectivity index (χ1n) is 6.86. The summed E-state index contributed by atoms with van der Waals surface area (Å²) in [6, 6.07) is 5.20. The topological polar surface area (TPSA) is 67.6 Å². The number of methoxy groups -OCH3 is 1. The molecule has 1 heterocycles. The summed E-state index contributed by atoms with van der Waals surface area (Å²) in [5.41, 5.74) is 0.666. The van der Waals surface area contributed by atoms with Crippen LogP contribution in [0, 0.1) is 16.0 Å². The van der Waals surface area contributed by atoms with Gasteiger partial charge in [-0.05, 0) is 44.0 Å². The zero-order valence-corrected chi connectivity index (χ0v) is 12.0. The van der Waals surface area contributed by atoms with Crippen LogP contribution >= 0.6 is 0 Å². The Labute approximate surface area is 118 Å². The van der Waals surface area contributed by atoms with Gasteiger partial charge >= 0.3 is 5.69 Å². The summed E-state index contributed by atoms with van der Waals surface area (Å²) in [4.78, 5) is 12.9. The molecule has 1 saturated heterocycles. The third kappa shape index (κ3) is 3.19. The highest BCUT2D eigenvalue weighted by Gasteiger charge is 2.24. The van der Waals surface area contributed by atoms with E-state index in [9.17, 15) is 10.1 Å². The lowest BCUT2D eigenvalue weighted by Crippen LogP contribution is -2.34. The maximum absolute atomic E-state index is 11.3. The van der Waals surface area contributed by atoms with Crippen LogP contribution in [0.4, 0.5) is 11.4 Å². The summed E-state index contributed by atoms with van der Waals surface area (Å²) >= 11 is 0. The zero-order valence-electron chi connectivity index (χ0n) is 12.0. The molecule has 0 spiro atoms. The van der Waals surface area contributed by atoms with Crippen molar-refractivity contribution in [2.45, 2.75) is 12.8 Å². The minimum absolute atomic E-state index is 0.0476. The number of nitro benzene ring substituents is 1. The third-order valence-corrected chi connectivity index (χ3v) is 3.78. The number of para-hydroxylation sites is 1. The molecule has 1 aromatic rings. The summed E-state index contributed by atoms with van der Waals surface area (Å²) in [6.07, 6.45) is 2.23. The largest absolute Gasteiger partial charge is 0.490 e. The number of rotatable bonds is 5. The van der Waals surface area contributed by atoms with Crippen LogP contribution in [0.1, 0.15) is 12.8 Å². The van der Waals surface area contributed by atoms with E-state index in [2.05, 4.69) is 5.32 Å². The van der Waals surface area contributed by atoms with Gasteiger partial charge in [0.2, 0.25) is 0 Å². The fourth-order valence-electron chi connectivity index (χ4n) is 2.72. The molecule has 0 radical (unpaired) electrons. The van der Waals surface area contributed by atoms with Gasteiger partial charge in [-0.15, -0.1) is 0 Å². The van der Waals surface area contributed by atoms with Crippen molar-refractivity contribution in [2.75, 3.05) is 38.7 Å². The molecule has 0 bridgehead atoms. The van der Waals surface area contributed by atoms with Gasteiger partial charge in [0.25, 0.3) is 0 Å². The van der Waals surface area contributed by atoms with Crippen molar-refractivity contribution in [3.05, 3.63) is 28.3 Å². The number of benzene rings is 1. The second kappa shape index (κ2) is 6.56. The van der Waals surface area contributed by atoms with Crippen molar-refractivity contribution in [1.29, 1.82) is 0 Å². The maximum Gasteiger partial charge on any atom is 0.333 e. The Balaban J connectivity index is 2.19. The first-order valence-corrected chi connectivity index (χ1v) is 6.86. The highest BCUT2D eigenvalue weighted by atomic mass is 16.6. The molecule has 0 unspecified atom stereocenters. The molecule has 0 saturated carbocycles. The maximum atomic E-state index is 11.3. The van der Waals surface area contributed by atoms with Crippen molar-refractivity contribution < 1.29 is 9.66 Å². The Kier molecular flexibility index (Phi) is 4.79. The van der Waals surface area contributed by atoms with E-state index in [1.165, 1.54) is 7.11 Å². The van der Waals surface area contributed by atoms with Gasteiger partial charge in [-0.3, -0.25) is 10.1 Å². The van der Waals surface area contributed by atoms with Crippen LogP contribution in [0.5, 0.6) is 5.75 Å². The van der Waals surface area contributed by atoms with Gasteiger partial charge in [0, 0.05) is 13.6 Å². The molecule has 1 aliphatic heterocycles. The second-order valence-electron chi connectivity index (χ2n) is 5.16. The van der Waals surface area contributed by atoms with Crippen LogP contribution in [0.15, 0.2) is 18.2 Å². The molecule has 1 aromatic carbocycles. The number of nitrogens with zero attached hydrogens (tertiary/aromatic N) is 2. The number of hydrogen-bond donors (Lipinski definition) is 1. The number of anilines is 1. The van der Waals surface area contributed by atoms with Crippen LogP contribution in [0.25, 0.3) is 0 Å². The lowest BCUT2D eigenvalue weighted by Gasteiger charge is -2.28. The average molecular weight is 279 g/mol. The Morgan fingerprint density at radius 3 is 2.75 bits per heavy atom. The molecular weight excluding hydrogens is 258 g/mol. The fourth-order valence-corrected chi connectivity index (χ4v) is 2.72. The standard InChI is InChI=1S/C14H21N3O3/c1-16(10-11-6-8-15-9-7-11)12-4-3-5-13(20-2)14(12)17(18)19/h3-5,11,15H,6-10H2,1-2H3. The molecule has 0 atom stereocenters. The highest BCUT2D eigenvalue weighted by Crippen LogP contribution is 2.36. The van der Waals surface area contributed by atoms with Crippen molar-refractivity contribution >= 4 is 11.4 Å². The number of piperidine rings is 1. The summed E-state index contributed by atoms with van der Waals surface area (Å²) in [6.45, 7) is 2.88. The molecule has 1 N–H and O–H groups in total. The van der Waals surface area contributed by atoms with Gasteiger partial charge in [-0.2, -0.15) is 0 Å². The number of nitrogens with one attached hydrogen (secondary N) is 1. The predicted molar refractivity (Wildman–Crippen MR) is 78.5 cm³/mol. The molecule has 6 heteroatoms. The number of nitro groups is 1. The molecule has 2 rings (SSSR count). The van der Waals surface area contributed by atoms with E-state index in [1.54, 1.807) is 18.2 Å². The molecule has 1 aliphatic rings. The van der Waals surface area contributed by atoms with Gasteiger partial charge in [0.05, 0.1) is 12.0 Å². The minimum atomic E-state index is -0.368. The molecule has 0 amide bonds. The molecule has 0 aliphatic carbocycles. The van der Waals surface area contributed by atoms with E-state index >= 15 is 0 Å². The van der Waals surface area contributed by atoms with E-state index in [-0.39, 0.29) is 10.6 Å². The first kappa shape index (κ1) is 14.6. The van der Waals surface area contributed by atoms with Crippen LogP contribution < -0.4 is 15.0 Å². The number of hydrogen-bond acceptors (Lipinski definition) is 5. The van der Waals surface area contributed by atoms with Gasteiger partial charge in [0.15, 0.2) is 5.75 Å². The van der Waals surface area contributed by atoms with Crippen LogP contribution in [0.2, 0.25) is 0 Å². The van der Waals surface area contributed by atoms with Gasteiger partial charge in [-0.1, -0.05) is 6.07 Å². The van der Waals surface area contributed by atoms with Crippen LogP contribution in [-0.4, -0.2) is 38.7 Å². The molecule has 20 heavy (non-hydrogen) atoms. The van der Waals surface area contributed by atoms with Crippen molar-refractivity contribution in [2.24, 2.45) is 5.92 Å². The Morgan fingerprint density at radius 1 is 1.45 bits per heavy atom. The Hall–Kier alpha value is -1.82. The number of ether oxygens (including phenoxy) is 1. The van der Waals surface area contributed by atoms with Gasteiger partial charge in [-0.25, -0.2) is 0 Å². The molecule has 6 nitrogen and oxygen atoms in total. The third-order valence-electron chi connectivity index (χ3n) is 3.78. The SMILES string of the molecule is COc1cccc(N(C)CC2CCNCC2)c1[N+](=O)[O-]. The Bertz CT molecular complexity index is 473. The summed E-state index contributed by atoms with van der Waals surface area (Å²) < 4.78 is 5.11. The van der Waals surface area contributed by atoms with Crippen molar-refractivity contribution in [3.63, 3.8) is 0 Å². The molecule has 0 aromatic heterocycles. The lowest BCUT2D eigenvalue weighted by atomic mass is 9.97. The van der Waals surface area contributed by atoms with E-state index in [4.69, 9.17) is 4.74 Å². The summed E-state index contributed by atoms with van der Waals surface area (Å²) in [7, 11) is 3.36. The van der Waals surface area contributed by atoms with Gasteiger partial charge in [0.1, 0.15) is 5.69 Å². The van der Waals surface area contributed by atoms with Crippen molar-refractivity contribution in [3.8, 4) is 5.75 Å². The molecule has 1 fully saturated rings. The average Bonchev–Trinajstić information content (AvgIpc) is 2.47. The van der Waals surface area contributed by atoms with E-state index < -0.39 is 0 Å². The predicted octanol–water partition coefficient (Wildman–Crippen LogP) is 2.04.